The van der Waals surface area contributed by atoms with E-state index in [9.17, 15) is 18.5 Å². The first kappa shape index (κ1) is 25.9. The molecular formula is C23H39N5O4S. The van der Waals surface area contributed by atoms with Gasteiger partial charge in [0, 0.05) is 58.4 Å². The highest BCUT2D eigenvalue weighted by molar-refractivity contribution is 7.89. The molecule has 0 bridgehead atoms. The quantitative estimate of drug-likeness (QED) is 0.428. The largest absolute Gasteiger partial charge is 0.379 e. The van der Waals surface area contributed by atoms with Crippen molar-refractivity contribution in [1.82, 2.24) is 14.1 Å². The zero-order chi connectivity index (χ0) is 24.2. The summed E-state index contributed by atoms with van der Waals surface area (Å²) < 4.78 is 27.8. The molecule has 2 aliphatic rings. The van der Waals surface area contributed by atoms with Crippen LogP contribution in [0.4, 0.5) is 11.4 Å². The van der Waals surface area contributed by atoms with Gasteiger partial charge in [-0.3, -0.25) is 10.1 Å². The molecule has 2 saturated heterocycles. The Bertz CT molecular complexity index is 907. The number of rotatable bonds is 9. The van der Waals surface area contributed by atoms with Gasteiger partial charge in [0.25, 0.3) is 5.69 Å². The average Bonchev–Trinajstić information content (AvgIpc) is 2.77. The second-order valence-corrected chi connectivity index (χ2v) is 11.9. The Hall–Kier alpha value is -1.75. The van der Waals surface area contributed by atoms with Crippen LogP contribution in [0.3, 0.4) is 0 Å². The van der Waals surface area contributed by atoms with Crippen molar-refractivity contribution >= 4 is 21.4 Å². The summed E-state index contributed by atoms with van der Waals surface area (Å²) in [5.41, 5.74) is 0.167. The van der Waals surface area contributed by atoms with Crippen LogP contribution in [0.5, 0.6) is 0 Å². The molecule has 33 heavy (non-hydrogen) atoms. The monoisotopic (exact) mass is 481 g/mol. The minimum atomic E-state index is -3.77. The Balaban J connectivity index is 1.66. The first-order valence-corrected chi connectivity index (χ1v) is 13.5. The van der Waals surface area contributed by atoms with E-state index in [1.165, 1.54) is 22.5 Å². The maximum Gasteiger partial charge on any atom is 0.293 e. The third kappa shape index (κ3) is 6.65. The van der Waals surface area contributed by atoms with Crippen molar-refractivity contribution in [3.63, 3.8) is 0 Å². The van der Waals surface area contributed by atoms with Crippen molar-refractivity contribution in [3.05, 3.63) is 28.3 Å². The van der Waals surface area contributed by atoms with Crippen molar-refractivity contribution in [2.75, 3.05) is 64.2 Å². The number of nitro groups is 1. The van der Waals surface area contributed by atoms with E-state index in [2.05, 4.69) is 29.0 Å². The van der Waals surface area contributed by atoms with Gasteiger partial charge in [-0.2, -0.15) is 4.31 Å². The van der Waals surface area contributed by atoms with Gasteiger partial charge in [-0.25, -0.2) is 8.42 Å². The number of sulfonamides is 1. The highest BCUT2D eigenvalue weighted by Gasteiger charge is 2.33. The summed E-state index contributed by atoms with van der Waals surface area (Å²) in [6, 6.07) is 4.23. The number of nitrogens with zero attached hydrogens (tertiary/aromatic N) is 4. The van der Waals surface area contributed by atoms with E-state index in [1.54, 1.807) is 0 Å². The molecule has 2 fully saturated rings. The predicted molar refractivity (Wildman–Crippen MR) is 131 cm³/mol. The number of benzene rings is 1. The maximum absolute atomic E-state index is 13.2. The minimum absolute atomic E-state index is 0.0112. The number of hydrogen-bond donors (Lipinski definition) is 1. The SMILES string of the molecule is CCN1CCN(C[C@H](C)CNc2ccc(S(=O)(=O)N3C[C@H](C)C[C@@H](C)C3)cc2[N+](=O)[O-])CC1. The first-order valence-electron chi connectivity index (χ1n) is 12.1. The van der Waals surface area contributed by atoms with Crippen LogP contribution in [-0.2, 0) is 10.0 Å². The van der Waals surface area contributed by atoms with E-state index in [0.717, 1.165) is 45.7 Å². The zero-order valence-corrected chi connectivity index (χ0v) is 21.2. The lowest BCUT2D eigenvalue weighted by molar-refractivity contribution is -0.384. The number of anilines is 1. The number of likely N-dealkylation sites (N-methyl/N-ethyl adjacent to an activating group) is 1. The lowest BCUT2D eigenvalue weighted by Gasteiger charge is -2.35. The molecule has 0 saturated carbocycles. The van der Waals surface area contributed by atoms with Crippen LogP contribution in [0, 0.1) is 27.9 Å². The molecule has 1 aromatic carbocycles. The Morgan fingerprint density at radius 1 is 1.12 bits per heavy atom. The van der Waals surface area contributed by atoms with E-state index in [-0.39, 0.29) is 22.4 Å². The molecule has 3 rings (SSSR count). The lowest BCUT2D eigenvalue weighted by Crippen LogP contribution is -2.47. The van der Waals surface area contributed by atoms with E-state index in [0.29, 0.717) is 31.2 Å². The van der Waals surface area contributed by atoms with Crippen LogP contribution in [0.15, 0.2) is 23.1 Å². The van der Waals surface area contributed by atoms with Crippen LogP contribution in [0.1, 0.15) is 34.1 Å². The van der Waals surface area contributed by atoms with Gasteiger partial charge >= 0.3 is 0 Å². The fraction of sp³-hybridized carbons (Fsp3) is 0.739. The molecule has 3 atom stereocenters. The molecule has 9 nitrogen and oxygen atoms in total. The van der Waals surface area contributed by atoms with Crippen LogP contribution in [-0.4, -0.2) is 86.3 Å². The molecule has 0 amide bonds. The van der Waals surface area contributed by atoms with Crippen molar-refractivity contribution in [2.45, 2.75) is 39.0 Å². The summed E-state index contributed by atoms with van der Waals surface area (Å²) in [4.78, 5) is 16.1. The van der Waals surface area contributed by atoms with Crippen molar-refractivity contribution in [1.29, 1.82) is 0 Å². The molecule has 0 radical (unpaired) electrons. The molecule has 0 spiro atoms. The fourth-order valence-corrected chi connectivity index (χ4v) is 6.70. The third-order valence-electron chi connectivity index (χ3n) is 6.76. The van der Waals surface area contributed by atoms with E-state index in [1.807, 2.05) is 13.8 Å². The van der Waals surface area contributed by atoms with Crippen molar-refractivity contribution < 1.29 is 13.3 Å². The molecule has 186 valence electrons. The van der Waals surface area contributed by atoms with Gasteiger partial charge in [-0.15, -0.1) is 0 Å². The molecule has 0 unspecified atom stereocenters. The topological polar surface area (TPSA) is 99.0 Å². The van der Waals surface area contributed by atoms with Crippen molar-refractivity contribution in [3.8, 4) is 0 Å². The van der Waals surface area contributed by atoms with Crippen LogP contribution < -0.4 is 5.32 Å². The van der Waals surface area contributed by atoms with Gasteiger partial charge in [0.15, 0.2) is 0 Å². The number of nitro benzene ring substituents is 1. The lowest BCUT2D eigenvalue weighted by atomic mass is 9.94. The summed E-state index contributed by atoms with van der Waals surface area (Å²) in [7, 11) is -3.77. The molecular weight excluding hydrogens is 442 g/mol. The van der Waals surface area contributed by atoms with Crippen LogP contribution in [0.25, 0.3) is 0 Å². The summed E-state index contributed by atoms with van der Waals surface area (Å²) in [6.07, 6.45) is 0.988. The van der Waals surface area contributed by atoms with Gasteiger partial charge in [-0.1, -0.05) is 27.7 Å². The number of nitrogens with one attached hydrogen (secondary N) is 1. The van der Waals surface area contributed by atoms with Gasteiger partial charge < -0.3 is 15.1 Å². The Kier molecular flexibility index (Phi) is 8.71. The molecule has 1 aromatic rings. The number of hydrogen-bond acceptors (Lipinski definition) is 7. The molecule has 10 heteroatoms. The Morgan fingerprint density at radius 3 is 2.30 bits per heavy atom. The second kappa shape index (κ2) is 11.1. The highest BCUT2D eigenvalue weighted by atomic mass is 32.2. The summed E-state index contributed by atoms with van der Waals surface area (Å²) >= 11 is 0. The van der Waals surface area contributed by atoms with Gasteiger partial charge in [0.1, 0.15) is 5.69 Å². The zero-order valence-electron chi connectivity index (χ0n) is 20.4. The van der Waals surface area contributed by atoms with Gasteiger partial charge in [0.2, 0.25) is 10.0 Å². The standard InChI is InChI=1S/C23H39N5O4S/c1-5-25-8-10-26(11-9-25)15-20(4)14-24-22-7-6-21(13-23(22)28(29)30)33(31,32)27-16-18(2)12-19(3)17-27/h6-7,13,18-20,24H,5,8-12,14-17H2,1-4H3/t18-,19-,20-/m1/s1. The maximum atomic E-state index is 13.2. The predicted octanol–water partition coefficient (Wildman–Crippen LogP) is 2.95. The summed E-state index contributed by atoms with van der Waals surface area (Å²) in [5.74, 6) is 0.842. The first-order chi connectivity index (χ1) is 15.6. The van der Waals surface area contributed by atoms with Crippen LogP contribution in [0.2, 0.25) is 0 Å². The van der Waals surface area contributed by atoms with Crippen LogP contribution >= 0.6 is 0 Å². The highest BCUT2D eigenvalue weighted by Crippen LogP contribution is 2.31. The second-order valence-electron chi connectivity index (χ2n) is 9.93. The van der Waals surface area contributed by atoms with Gasteiger partial charge in [0.05, 0.1) is 9.82 Å². The third-order valence-corrected chi connectivity index (χ3v) is 8.59. The molecule has 0 aliphatic carbocycles. The summed E-state index contributed by atoms with van der Waals surface area (Å²) in [6.45, 7) is 16.1. The Labute approximate surface area is 198 Å². The summed E-state index contributed by atoms with van der Waals surface area (Å²) in [5, 5.41) is 14.9. The molecule has 0 aromatic heterocycles. The molecule has 2 heterocycles. The number of piperidine rings is 1. The molecule has 1 N–H and O–H groups in total. The van der Waals surface area contributed by atoms with E-state index >= 15 is 0 Å². The van der Waals surface area contributed by atoms with Crippen molar-refractivity contribution in [2.24, 2.45) is 17.8 Å². The van der Waals surface area contributed by atoms with E-state index < -0.39 is 14.9 Å². The van der Waals surface area contributed by atoms with Gasteiger partial charge in [-0.05, 0) is 42.9 Å². The smallest absolute Gasteiger partial charge is 0.293 e. The number of piperazine rings is 1. The minimum Gasteiger partial charge on any atom is -0.379 e. The Morgan fingerprint density at radius 2 is 1.73 bits per heavy atom. The normalized spacial score (nSPS) is 24.5. The van der Waals surface area contributed by atoms with E-state index in [4.69, 9.17) is 0 Å². The fourth-order valence-electron chi connectivity index (χ4n) is 5.00. The molecule has 2 aliphatic heterocycles. The average molecular weight is 482 g/mol.